The molecule has 21 heavy (non-hydrogen) atoms. The third-order valence-corrected chi connectivity index (χ3v) is 3.64. The molecule has 1 atom stereocenters. The Morgan fingerprint density at radius 2 is 1.95 bits per heavy atom. The number of hydrogen-bond donors (Lipinski definition) is 1. The molecular formula is C17H20ClNO2. The first-order valence-corrected chi connectivity index (χ1v) is 7.51. The minimum absolute atomic E-state index is 0.00799. The Bertz CT molecular complexity index is 561. The van der Waals surface area contributed by atoms with Gasteiger partial charge in [0.25, 0.3) is 0 Å². The summed E-state index contributed by atoms with van der Waals surface area (Å²) in [5, 5.41) is 3.79. The highest BCUT2D eigenvalue weighted by molar-refractivity contribution is 6.30. The van der Waals surface area contributed by atoms with E-state index < -0.39 is 0 Å². The van der Waals surface area contributed by atoms with Gasteiger partial charge in [-0.05, 0) is 35.7 Å². The summed E-state index contributed by atoms with van der Waals surface area (Å²) in [5.74, 6) is 1.16. The molecular weight excluding hydrogens is 286 g/mol. The van der Waals surface area contributed by atoms with Crippen molar-refractivity contribution in [3.63, 3.8) is 0 Å². The highest BCUT2D eigenvalue weighted by atomic mass is 35.5. The SMILES string of the molecule is CC(C)[C@H](NC(=O)CCc1ccco1)c1ccc(Cl)cc1. The predicted molar refractivity (Wildman–Crippen MR) is 84.2 cm³/mol. The Morgan fingerprint density at radius 3 is 2.52 bits per heavy atom. The lowest BCUT2D eigenvalue weighted by Gasteiger charge is -2.23. The van der Waals surface area contributed by atoms with E-state index in [2.05, 4.69) is 19.2 Å². The van der Waals surface area contributed by atoms with Gasteiger partial charge in [-0.3, -0.25) is 4.79 Å². The minimum atomic E-state index is -0.00799. The predicted octanol–water partition coefficient (Wildman–Crippen LogP) is 4.38. The van der Waals surface area contributed by atoms with Gasteiger partial charge in [-0.1, -0.05) is 37.6 Å². The lowest BCUT2D eigenvalue weighted by molar-refractivity contribution is -0.122. The second-order valence-electron chi connectivity index (χ2n) is 5.42. The first-order chi connectivity index (χ1) is 10.1. The molecule has 0 radical (unpaired) electrons. The first-order valence-electron chi connectivity index (χ1n) is 7.13. The number of rotatable bonds is 6. The topological polar surface area (TPSA) is 42.2 Å². The van der Waals surface area contributed by atoms with Crippen LogP contribution in [-0.2, 0) is 11.2 Å². The van der Waals surface area contributed by atoms with Gasteiger partial charge >= 0.3 is 0 Å². The number of halogens is 1. The molecule has 112 valence electrons. The smallest absolute Gasteiger partial charge is 0.220 e. The van der Waals surface area contributed by atoms with Crippen molar-refractivity contribution < 1.29 is 9.21 Å². The van der Waals surface area contributed by atoms with Crippen LogP contribution in [0.2, 0.25) is 5.02 Å². The number of carbonyl (C=O) groups excluding carboxylic acids is 1. The van der Waals surface area contributed by atoms with Crippen molar-refractivity contribution in [3.8, 4) is 0 Å². The summed E-state index contributed by atoms with van der Waals surface area (Å²) in [6, 6.07) is 11.3. The van der Waals surface area contributed by atoms with Gasteiger partial charge in [-0.15, -0.1) is 0 Å². The molecule has 0 unspecified atom stereocenters. The summed E-state index contributed by atoms with van der Waals surface area (Å²) in [5.41, 5.74) is 1.07. The number of hydrogen-bond acceptors (Lipinski definition) is 2. The minimum Gasteiger partial charge on any atom is -0.469 e. The molecule has 1 aromatic carbocycles. The third kappa shape index (κ3) is 4.64. The number of nitrogens with one attached hydrogen (secondary N) is 1. The van der Waals surface area contributed by atoms with Crippen LogP contribution in [0.1, 0.15) is 37.6 Å². The molecule has 1 heterocycles. The lowest BCUT2D eigenvalue weighted by Crippen LogP contribution is -2.31. The monoisotopic (exact) mass is 305 g/mol. The third-order valence-electron chi connectivity index (χ3n) is 3.39. The van der Waals surface area contributed by atoms with Gasteiger partial charge in [0.2, 0.25) is 5.91 Å². The molecule has 3 nitrogen and oxygen atoms in total. The molecule has 0 aliphatic heterocycles. The number of aryl methyl sites for hydroxylation is 1. The summed E-state index contributed by atoms with van der Waals surface area (Å²) in [6.45, 7) is 4.18. The fourth-order valence-electron chi connectivity index (χ4n) is 2.24. The second kappa shape index (κ2) is 7.32. The van der Waals surface area contributed by atoms with Crippen LogP contribution in [0.15, 0.2) is 47.1 Å². The number of furan rings is 1. The van der Waals surface area contributed by atoms with Crippen molar-refractivity contribution in [2.24, 2.45) is 5.92 Å². The maximum Gasteiger partial charge on any atom is 0.220 e. The van der Waals surface area contributed by atoms with E-state index in [-0.39, 0.29) is 11.9 Å². The van der Waals surface area contributed by atoms with Crippen molar-refractivity contribution in [2.75, 3.05) is 0 Å². The summed E-state index contributed by atoms with van der Waals surface area (Å²) in [4.78, 5) is 12.1. The molecule has 0 aliphatic carbocycles. The Kier molecular flexibility index (Phi) is 5.45. The zero-order valence-electron chi connectivity index (χ0n) is 12.3. The average Bonchev–Trinajstić information content (AvgIpc) is 2.97. The maximum atomic E-state index is 12.1. The highest BCUT2D eigenvalue weighted by Crippen LogP contribution is 2.23. The van der Waals surface area contributed by atoms with E-state index >= 15 is 0 Å². The zero-order chi connectivity index (χ0) is 15.2. The summed E-state index contributed by atoms with van der Waals surface area (Å²) < 4.78 is 5.24. The molecule has 0 aliphatic rings. The molecule has 1 N–H and O–H groups in total. The number of benzene rings is 1. The second-order valence-corrected chi connectivity index (χ2v) is 5.86. The number of amides is 1. The van der Waals surface area contributed by atoms with Crippen LogP contribution in [0.4, 0.5) is 0 Å². The van der Waals surface area contributed by atoms with Crippen molar-refractivity contribution >= 4 is 17.5 Å². The van der Waals surface area contributed by atoms with Crippen LogP contribution in [0.5, 0.6) is 0 Å². The highest BCUT2D eigenvalue weighted by Gasteiger charge is 2.18. The van der Waals surface area contributed by atoms with E-state index in [1.54, 1.807) is 6.26 Å². The van der Waals surface area contributed by atoms with E-state index in [9.17, 15) is 4.79 Å². The molecule has 1 aromatic heterocycles. The molecule has 2 rings (SSSR count). The molecule has 0 spiro atoms. The average molecular weight is 306 g/mol. The quantitative estimate of drug-likeness (QED) is 0.860. The van der Waals surface area contributed by atoms with E-state index in [1.165, 1.54) is 0 Å². The van der Waals surface area contributed by atoms with Gasteiger partial charge in [-0.2, -0.15) is 0 Å². The first kappa shape index (κ1) is 15.6. The molecule has 0 fully saturated rings. The lowest BCUT2D eigenvalue weighted by atomic mass is 9.96. The fourth-order valence-corrected chi connectivity index (χ4v) is 2.37. The zero-order valence-corrected chi connectivity index (χ0v) is 13.1. The molecule has 4 heteroatoms. The normalized spacial score (nSPS) is 12.4. The van der Waals surface area contributed by atoms with E-state index in [4.69, 9.17) is 16.0 Å². The molecule has 2 aromatic rings. The Hall–Kier alpha value is -1.74. The van der Waals surface area contributed by atoms with Crippen LogP contribution < -0.4 is 5.32 Å². The largest absolute Gasteiger partial charge is 0.469 e. The van der Waals surface area contributed by atoms with Crippen molar-refractivity contribution in [1.29, 1.82) is 0 Å². The van der Waals surface area contributed by atoms with E-state index in [0.29, 0.717) is 23.8 Å². The Labute approximate surface area is 130 Å². The maximum absolute atomic E-state index is 12.1. The number of carbonyl (C=O) groups is 1. The molecule has 0 bridgehead atoms. The van der Waals surface area contributed by atoms with Crippen LogP contribution in [0, 0.1) is 5.92 Å². The van der Waals surface area contributed by atoms with Crippen LogP contribution in [0.25, 0.3) is 0 Å². The van der Waals surface area contributed by atoms with Gasteiger partial charge in [0.15, 0.2) is 0 Å². The van der Waals surface area contributed by atoms with Gasteiger partial charge in [0.05, 0.1) is 12.3 Å². The van der Waals surface area contributed by atoms with Gasteiger partial charge in [0.1, 0.15) is 5.76 Å². The van der Waals surface area contributed by atoms with Gasteiger partial charge in [-0.25, -0.2) is 0 Å². The fraction of sp³-hybridized carbons (Fsp3) is 0.353. The summed E-state index contributed by atoms with van der Waals surface area (Å²) in [6.07, 6.45) is 2.66. The van der Waals surface area contributed by atoms with Crippen LogP contribution >= 0.6 is 11.6 Å². The van der Waals surface area contributed by atoms with Crippen molar-refractivity contribution in [1.82, 2.24) is 5.32 Å². The summed E-state index contributed by atoms with van der Waals surface area (Å²) >= 11 is 5.91. The van der Waals surface area contributed by atoms with E-state index in [1.807, 2.05) is 36.4 Å². The molecule has 1 amide bonds. The Morgan fingerprint density at radius 1 is 1.24 bits per heavy atom. The van der Waals surface area contributed by atoms with Crippen LogP contribution in [-0.4, -0.2) is 5.91 Å². The van der Waals surface area contributed by atoms with Crippen LogP contribution in [0.3, 0.4) is 0 Å². The Balaban J connectivity index is 1.96. The standard InChI is InChI=1S/C17H20ClNO2/c1-12(2)17(13-5-7-14(18)8-6-13)19-16(20)10-9-15-4-3-11-21-15/h3-8,11-12,17H,9-10H2,1-2H3,(H,19,20)/t17-/m0/s1. The van der Waals surface area contributed by atoms with Crippen molar-refractivity contribution in [2.45, 2.75) is 32.7 Å². The van der Waals surface area contributed by atoms with Crippen molar-refractivity contribution in [3.05, 3.63) is 59.0 Å². The van der Waals surface area contributed by atoms with E-state index in [0.717, 1.165) is 11.3 Å². The molecule has 0 saturated carbocycles. The van der Waals surface area contributed by atoms with Gasteiger partial charge < -0.3 is 9.73 Å². The summed E-state index contributed by atoms with van der Waals surface area (Å²) in [7, 11) is 0. The molecule has 0 saturated heterocycles. The van der Waals surface area contributed by atoms with Gasteiger partial charge in [0, 0.05) is 17.9 Å².